The molecule has 1 saturated heterocycles. The lowest BCUT2D eigenvalue weighted by Crippen LogP contribution is -2.56. The van der Waals surface area contributed by atoms with Crippen molar-refractivity contribution in [3.8, 4) is 0 Å². The number of amides is 3. The summed E-state index contributed by atoms with van der Waals surface area (Å²) in [4.78, 5) is 36.5. The summed E-state index contributed by atoms with van der Waals surface area (Å²) in [7, 11) is 1.43. The average Bonchev–Trinajstić information content (AvgIpc) is 2.83. The van der Waals surface area contributed by atoms with E-state index in [1.165, 1.54) is 25.8 Å². The smallest absolute Gasteiger partial charge is 0.245 e. The van der Waals surface area contributed by atoms with Crippen LogP contribution in [0.15, 0.2) is 0 Å². The van der Waals surface area contributed by atoms with Crippen LogP contribution < -0.4 is 10.6 Å². The lowest BCUT2D eigenvalue weighted by atomic mass is 10.1. The van der Waals surface area contributed by atoms with Crippen LogP contribution in [0.5, 0.6) is 0 Å². The Hall–Kier alpha value is -1.63. The van der Waals surface area contributed by atoms with Crippen LogP contribution in [-0.2, 0) is 14.4 Å². The summed E-state index contributed by atoms with van der Waals surface area (Å²) in [6, 6.07) is -1.56. The average molecular weight is 271 g/mol. The molecule has 3 amide bonds. The van der Waals surface area contributed by atoms with E-state index >= 15 is 0 Å². The van der Waals surface area contributed by atoms with Gasteiger partial charge in [0.15, 0.2) is 0 Å². The van der Waals surface area contributed by atoms with E-state index < -0.39 is 30.0 Å². The third-order valence-electron chi connectivity index (χ3n) is 3.27. The van der Waals surface area contributed by atoms with Gasteiger partial charge >= 0.3 is 0 Å². The number of nitrogens with zero attached hydrogens (tertiary/aromatic N) is 1. The quantitative estimate of drug-likeness (QED) is 0.586. The lowest BCUT2D eigenvalue weighted by molar-refractivity contribution is -0.139. The van der Waals surface area contributed by atoms with E-state index in [0.717, 1.165) is 6.42 Å². The number of carbonyl (C=O) groups excluding carboxylic acids is 3. The van der Waals surface area contributed by atoms with Crippen molar-refractivity contribution in [3.05, 3.63) is 0 Å². The van der Waals surface area contributed by atoms with Gasteiger partial charge in [0.2, 0.25) is 17.7 Å². The molecule has 0 spiro atoms. The fourth-order valence-corrected chi connectivity index (χ4v) is 2.23. The highest BCUT2D eigenvalue weighted by Crippen LogP contribution is 2.17. The first kappa shape index (κ1) is 15.4. The first-order valence-corrected chi connectivity index (χ1v) is 6.35. The van der Waals surface area contributed by atoms with Gasteiger partial charge in [0, 0.05) is 20.5 Å². The molecule has 7 heteroatoms. The second-order valence-electron chi connectivity index (χ2n) is 4.71. The van der Waals surface area contributed by atoms with E-state index in [1.54, 1.807) is 0 Å². The minimum Gasteiger partial charge on any atom is -0.391 e. The van der Waals surface area contributed by atoms with Crippen molar-refractivity contribution in [2.75, 3.05) is 13.6 Å². The minimum absolute atomic E-state index is 0.161. The van der Waals surface area contributed by atoms with Crippen molar-refractivity contribution in [2.45, 2.75) is 44.9 Å². The maximum atomic E-state index is 12.1. The molecule has 0 aromatic rings. The standard InChI is InChI=1S/C12H21N3O4/c1-7(16)10(12(19)13-3)14-11(18)9-5-4-6-15(9)8(2)17/h7,9-10,16H,4-6H2,1-3H3,(H,13,19)(H,14,18)/t7-,9+,10+/m1/s1. The topological polar surface area (TPSA) is 98.7 Å². The molecule has 0 bridgehead atoms. The van der Waals surface area contributed by atoms with Crippen molar-refractivity contribution in [3.63, 3.8) is 0 Å². The number of hydrogen-bond donors (Lipinski definition) is 3. The predicted octanol–water partition coefficient (Wildman–Crippen LogP) is -1.39. The highest BCUT2D eigenvalue weighted by atomic mass is 16.3. The van der Waals surface area contributed by atoms with Gasteiger partial charge in [0.1, 0.15) is 12.1 Å². The first-order valence-electron chi connectivity index (χ1n) is 6.35. The first-order chi connectivity index (χ1) is 8.88. The fraction of sp³-hybridized carbons (Fsp3) is 0.750. The number of likely N-dealkylation sites (tertiary alicyclic amines) is 1. The highest BCUT2D eigenvalue weighted by molar-refractivity contribution is 5.92. The van der Waals surface area contributed by atoms with Gasteiger partial charge in [0.25, 0.3) is 0 Å². The SMILES string of the molecule is CNC(=O)[C@@H](NC(=O)[C@@H]1CCCN1C(C)=O)[C@@H](C)O. The normalized spacial score (nSPS) is 21.7. The molecule has 1 aliphatic heterocycles. The Bertz CT molecular complexity index is 370. The molecule has 7 nitrogen and oxygen atoms in total. The van der Waals surface area contributed by atoms with Gasteiger partial charge in [-0.15, -0.1) is 0 Å². The van der Waals surface area contributed by atoms with E-state index in [-0.39, 0.29) is 5.91 Å². The third kappa shape index (κ3) is 3.66. The maximum absolute atomic E-state index is 12.1. The maximum Gasteiger partial charge on any atom is 0.245 e. The molecule has 0 unspecified atom stereocenters. The molecular formula is C12H21N3O4. The summed E-state index contributed by atoms with van der Waals surface area (Å²) in [6.07, 6.45) is 0.332. The van der Waals surface area contributed by atoms with Crippen molar-refractivity contribution < 1.29 is 19.5 Å². The number of nitrogens with one attached hydrogen (secondary N) is 2. The van der Waals surface area contributed by atoms with Crippen LogP contribution in [-0.4, -0.2) is 59.5 Å². The molecular weight excluding hydrogens is 250 g/mol. The zero-order chi connectivity index (χ0) is 14.6. The molecule has 0 aromatic carbocycles. The molecule has 1 aliphatic rings. The molecule has 0 saturated carbocycles. The molecule has 0 aromatic heterocycles. The molecule has 3 N–H and O–H groups in total. The fourth-order valence-electron chi connectivity index (χ4n) is 2.23. The molecule has 0 aliphatic carbocycles. The molecule has 1 rings (SSSR count). The van der Waals surface area contributed by atoms with Crippen LogP contribution in [0.25, 0.3) is 0 Å². The number of aliphatic hydroxyl groups is 1. The van der Waals surface area contributed by atoms with Gasteiger partial charge in [-0.2, -0.15) is 0 Å². The summed E-state index contributed by atoms with van der Waals surface area (Å²) in [6.45, 7) is 3.39. The Morgan fingerprint density at radius 2 is 2.00 bits per heavy atom. The third-order valence-corrected chi connectivity index (χ3v) is 3.27. The summed E-state index contributed by atoms with van der Waals surface area (Å²) in [5.41, 5.74) is 0. The molecule has 108 valence electrons. The summed E-state index contributed by atoms with van der Waals surface area (Å²) < 4.78 is 0. The van der Waals surface area contributed by atoms with Gasteiger partial charge in [-0.1, -0.05) is 0 Å². The van der Waals surface area contributed by atoms with Crippen molar-refractivity contribution in [1.82, 2.24) is 15.5 Å². The van der Waals surface area contributed by atoms with Crippen LogP contribution in [0.1, 0.15) is 26.7 Å². The van der Waals surface area contributed by atoms with Gasteiger partial charge in [0.05, 0.1) is 6.10 Å². The Kier molecular flexibility index (Phi) is 5.29. The van der Waals surface area contributed by atoms with E-state index in [2.05, 4.69) is 10.6 Å². The Morgan fingerprint density at radius 3 is 2.47 bits per heavy atom. The Labute approximate surface area is 112 Å². The summed E-state index contributed by atoms with van der Waals surface area (Å²) in [5.74, 6) is -1.02. The Balaban J connectivity index is 2.71. The largest absolute Gasteiger partial charge is 0.391 e. The van der Waals surface area contributed by atoms with E-state index in [4.69, 9.17) is 0 Å². The summed E-state index contributed by atoms with van der Waals surface area (Å²) >= 11 is 0. The number of hydrogen-bond acceptors (Lipinski definition) is 4. The van der Waals surface area contributed by atoms with Crippen LogP contribution in [0.2, 0.25) is 0 Å². The van der Waals surface area contributed by atoms with Crippen LogP contribution in [0, 0.1) is 0 Å². The van der Waals surface area contributed by atoms with E-state index in [0.29, 0.717) is 13.0 Å². The van der Waals surface area contributed by atoms with Crippen LogP contribution in [0.4, 0.5) is 0 Å². The second kappa shape index (κ2) is 6.51. The number of rotatable bonds is 4. The minimum atomic E-state index is -1.01. The van der Waals surface area contributed by atoms with Crippen LogP contribution >= 0.6 is 0 Å². The van der Waals surface area contributed by atoms with Gasteiger partial charge in [-0.05, 0) is 19.8 Å². The summed E-state index contributed by atoms with van der Waals surface area (Å²) in [5, 5.41) is 14.4. The molecule has 3 atom stereocenters. The molecule has 1 heterocycles. The molecule has 1 fully saturated rings. The zero-order valence-electron chi connectivity index (χ0n) is 11.5. The highest BCUT2D eigenvalue weighted by Gasteiger charge is 2.35. The second-order valence-corrected chi connectivity index (χ2v) is 4.71. The van der Waals surface area contributed by atoms with Gasteiger partial charge < -0.3 is 20.6 Å². The number of likely N-dealkylation sites (N-methyl/N-ethyl adjacent to an activating group) is 1. The molecule has 19 heavy (non-hydrogen) atoms. The number of aliphatic hydroxyl groups excluding tert-OH is 1. The number of carbonyl (C=O) groups is 3. The van der Waals surface area contributed by atoms with Crippen LogP contribution in [0.3, 0.4) is 0 Å². The zero-order valence-corrected chi connectivity index (χ0v) is 11.5. The van der Waals surface area contributed by atoms with Crippen molar-refractivity contribution in [2.24, 2.45) is 0 Å². The monoisotopic (exact) mass is 271 g/mol. The Morgan fingerprint density at radius 1 is 1.37 bits per heavy atom. The van der Waals surface area contributed by atoms with E-state index in [9.17, 15) is 19.5 Å². The van der Waals surface area contributed by atoms with Gasteiger partial charge in [-0.3, -0.25) is 14.4 Å². The van der Waals surface area contributed by atoms with E-state index in [1.807, 2.05) is 0 Å². The van der Waals surface area contributed by atoms with Crippen molar-refractivity contribution in [1.29, 1.82) is 0 Å². The molecule has 0 radical (unpaired) electrons. The lowest BCUT2D eigenvalue weighted by Gasteiger charge is -2.26. The van der Waals surface area contributed by atoms with Crippen molar-refractivity contribution >= 4 is 17.7 Å². The predicted molar refractivity (Wildman–Crippen MR) is 68.1 cm³/mol. The van der Waals surface area contributed by atoms with Gasteiger partial charge in [-0.25, -0.2) is 0 Å².